The first-order valence-corrected chi connectivity index (χ1v) is 8.95. The largest absolute Gasteiger partial charge is 0.394 e. The fourth-order valence-corrected chi connectivity index (χ4v) is 3.62. The van der Waals surface area contributed by atoms with Crippen LogP contribution in [0.2, 0.25) is 0 Å². The Morgan fingerprint density at radius 1 is 1.15 bits per heavy atom. The second kappa shape index (κ2) is 7.41. The molecule has 0 aliphatic carbocycles. The molecule has 4 heterocycles. The highest BCUT2D eigenvalue weighted by Crippen LogP contribution is 2.32. The van der Waals surface area contributed by atoms with Crippen LogP contribution in [0.3, 0.4) is 0 Å². The van der Waals surface area contributed by atoms with E-state index in [1.54, 1.807) is 4.57 Å². The predicted octanol–water partition coefficient (Wildman–Crippen LogP) is -1.05. The van der Waals surface area contributed by atoms with Crippen LogP contribution in [0.4, 0.5) is 5.82 Å². The summed E-state index contributed by atoms with van der Waals surface area (Å²) < 4.78 is 7.12. The summed E-state index contributed by atoms with van der Waals surface area (Å²) in [7, 11) is 0. The van der Waals surface area contributed by atoms with Crippen LogP contribution in [-0.2, 0) is 4.74 Å². The van der Waals surface area contributed by atoms with Crippen molar-refractivity contribution in [1.29, 1.82) is 0 Å². The van der Waals surface area contributed by atoms with Gasteiger partial charge < -0.3 is 30.3 Å². The van der Waals surface area contributed by atoms with Gasteiger partial charge in [0.05, 0.1) is 12.9 Å². The zero-order valence-corrected chi connectivity index (χ0v) is 14.4. The zero-order chi connectivity index (χ0) is 18.1. The van der Waals surface area contributed by atoms with Gasteiger partial charge in [-0.1, -0.05) is 0 Å². The topological polar surface area (TPSA) is 129 Å². The standard InChI is InChI=1S/C16H24N6O4/c23-7-10-12(24)13(25)16(26-10)22-9-20-11-14(18-8-19-15(11)22)17-3-6-21-4-1-2-5-21/h8-10,12-13,16,23-25H,1-7H2,(H,17,18,19)/t10-,12?,13?,16-/m1/s1. The summed E-state index contributed by atoms with van der Waals surface area (Å²) in [4.78, 5) is 15.3. The number of aliphatic hydroxyl groups is 3. The van der Waals surface area contributed by atoms with Gasteiger partial charge in [0.15, 0.2) is 23.2 Å². The average molecular weight is 364 g/mol. The average Bonchev–Trinajstić information content (AvgIpc) is 3.37. The van der Waals surface area contributed by atoms with E-state index < -0.39 is 24.5 Å². The SMILES string of the molecule is OC[C@H]1O[C@@H](n2cnc3c(NCCN4CCCC4)ncnc32)C(O)C1O. The van der Waals surface area contributed by atoms with E-state index in [-0.39, 0.29) is 6.61 Å². The number of nitrogens with zero attached hydrogens (tertiary/aromatic N) is 5. The molecule has 0 aromatic carbocycles. The smallest absolute Gasteiger partial charge is 0.167 e. The Morgan fingerprint density at radius 3 is 2.69 bits per heavy atom. The molecular weight excluding hydrogens is 340 g/mol. The van der Waals surface area contributed by atoms with E-state index in [9.17, 15) is 15.3 Å². The van der Waals surface area contributed by atoms with Gasteiger partial charge in [0.25, 0.3) is 0 Å². The predicted molar refractivity (Wildman–Crippen MR) is 92.5 cm³/mol. The van der Waals surface area contributed by atoms with E-state index >= 15 is 0 Å². The molecule has 2 aromatic rings. The fraction of sp³-hybridized carbons (Fsp3) is 0.688. The van der Waals surface area contributed by atoms with E-state index in [1.807, 2.05) is 0 Å². The lowest BCUT2D eigenvalue weighted by atomic mass is 10.1. The number of aliphatic hydroxyl groups excluding tert-OH is 3. The zero-order valence-electron chi connectivity index (χ0n) is 14.4. The van der Waals surface area contributed by atoms with Crippen LogP contribution in [0.15, 0.2) is 12.7 Å². The molecule has 26 heavy (non-hydrogen) atoms. The van der Waals surface area contributed by atoms with E-state index in [2.05, 4.69) is 25.2 Å². The third-order valence-corrected chi connectivity index (χ3v) is 5.07. The third-order valence-electron chi connectivity index (χ3n) is 5.07. The van der Waals surface area contributed by atoms with Crippen LogP contribution in [0.1, 0.15) is 19.1 Å². The first-order chi connectivity index (χ1) is 12.7. The summed E-state index contributed by atoms with van der Waals surface area (Å²) in [5.41, 5.74) is 1.07. The van der Waals surface area contributed by atoms with Gasteiger partial charge in [-0.2, -0.15) is 0 Å². The van der Waals surface area contributed by atoms with Gasteiger partial charge in [0, 0.05) is 13.1 Å². The van der Waals surface area contributed by atoms with Crippen molar-refractivity contribution in [2.75, 3.05) is 38.1 Å². The molecule has 2 aromatic heterocycles. The van der Waals surface area contributed by atoms with Gasteiger partial charge in [-0.05, 0) is 25.9 Å². The first-order valence-electron chi connectivity index (χ1n) is 8.95. The molecule has 10 nitrogen and oxygen atoms in total. The van der Waals surface area contributed by atoms with Crippen LogP contribution in [-0.4, -0.2) is 90.8 Å². The van der Waals surface area contributed by atoms with Gasteiger partial charge in [-0.25, -0.2) is 15.0 Å². The number of anilines is 1. The molecule has 4 N–H and O–H groups in total. The number of aromatic nitrogens is 4. The molecule has 2 unspecified atom stereocenters. The molecule has 4 atom stereocenters. The van der Waals surface area contributed by atoms with Crippen molar-refractivity contribution in [3.63, 3.8) is 0 Å². The van der Waals surface area contributed by atoms with Crippen molar-refractivity contribution in [1.82, 2.24) is 24.4 Å². The summed E-state index contributed by atoms with van der Waals surface area (Å²) in [6.07, 6.45) is 1.41. The maximum Gasteiger partial charge on any atom is 0.167 e. The number of likely N-dealkylation sites (tertiary alicyclic amines) is 1. The van der Waals surface area contributed by atoms with Crippen LogP contribution >= 0.6 is 0 Å². The molecule has 142 valence electrons. The van der Waals surface area contributed by atoms with Crippen molar-refractivity contribution in [2.45, 2.75) is 37.4 Å². The highest BCUT2D eigenvalue weighted by molar-refractivity contribution is 5.82. The van der Waals surface area contributed by atoms with E-state index in [0.717, 1.165) is 26.2 Å². The van der Waals surface area contributed by atoms with Crippen molar-refractivity contribution in [3.05, 3.63) is 12.7 Å². The van der Waals surface area contributed by atoms with Crippen molar-refractivity contribution >= 4 is 17.0 Å². The van der Waals surface area contributed by atoms with Crippen molar-refractivity contribution in [2.24, 2.45) is 0 Å². The van der Waals surface area contributed by atoms with Gasteiger partial charge in [0.2, 0.25) is 0 Å². The minimum Gasteiger partial charge on any atom is -0.394 e. The summed E-state index contributed by atoms with van der Waals surface area (Å²) in [6, 6.07) is 0. The normalized spacial score (nSPS) is 29.7. The van der Waals surface area contributed by atoms with Crippen LogP contribution in [0, 0.1) is 0 Å². The Kier molecular flexibility index (Phi) is 5.00. The molecule has 4 rings (SSSR count). The Morgan fingerprint density at radius 2 is 1.96 bits per heavy atom. The molecule has 2 aliphatic heterocycles. The van der Waals surface area contributed by atoms with E-state index in [1.165, 1.54) is 25.5 Å². The van der Waals surface area contributed by atoms with Crippen molar-refractivity contribution < 1.29 is 20.1 Å². The highest BCUT2D eigenvalue weighted by atomic mass is 16.6. The number of nitrogens with one attached hydrogen (secondary N) is 1. The van der Waals surface area contributed by atoms with E-state index in [4.69, 9.17) is 4.74 Å². The minimum absolute atomic E-state index is 0.375. The van der Waals surface area contributed by atoms with Crippen LogP contribution < -0.4 is 5.32 Å². The maximum absolute atomic E-state index is 10.2. The molecule has 2 saturated heterocycles. The molecule has 10 heteroatoms. The Hall–Kier alpha value is -1.85. The summed E-state index contributed by atoms with van der Waals surface area (Å²) in [5, 5.41) is 32.7. The monoisotopic (exact) mass is 364 g/mol. The molecule has 0 amide bonds. The molecule has 0 spiro atoms. The second-order valence-corrected chi connectivity index (χ2v) is 6.75. The van der Waals surface area contributed by atoms with Crippen molar-refractivity contribution in [3.8, 4) is 0 Å². The van der Waals surface area contributed by atoms with Gasteiger partial charge in [0.1, 0.15) is 24.6 Å². The number of imidazole rings is 1. The fourth-order valence-electron chi connectivity index (χ4n) is 3.62. The Labute approximate surface area is 150 Å². The minimum atomic E-state index is -1.17. The van der Waals surface area contributed by atoms with E-state index in [0.29, 0.717) is 17.0 Å². The quantitative estimate of drug-likeness (QED) is 0.507. The second-order valence-electron chi connectivity index (χ2n) is 6.75. The molecule has 0 bridgehead atoms. The number of hydrogen-bond donors (Lipinski definition) is 4. The molecular formula is C16H24N6O4. The highest BCUT2D eigenvalue weighted by Gasteiger charge is 2.44. The molecule has 0 saturated carbocycles. The van der Waals surface area contributed by atoms with Gasteiger partial charge >= 0.3 is 0 Å². The lowest BCUT2D eigenvalue weighted by molar-refractivity contribution is -0.0511. The number of ether oxygens (including phenoxy) is 1. The Balaban J connectivity index is 1.51. The molecule has 0 radical (unpaired) electrons. The van der Waals surface area contributed by atoms with Crippen LogP contribution in [0.25, 0.3) is 11.2 Å². The summed E-state index contributed by atoms with van der Waals surface area (Å²) >= 11 is 0. The molecule has 2 fully saturated rings. The lowest BCUT2D eigenvalue weighted by Gasteiger charge is -2.17. The molecule has 2 aliphatic rings. The van der Waals surface area contributed by atoms with Crippen LogP contribution in [0.5, 0.6) is 0 Å². The van der Waals surface area contributed by atoms with Gasteiger partial charge in [-0.3, -0.25) is 4.57 Å². The number of rotatable bonds is 6. The number of hydrogen-bond acceptors (Lipinski definition) is 9. The van der Waals surface area contributed by atoms with Gasteiger partial charge in [-0.15, -0.1) is 0 Å². The maximum atomic E-state index is 10.2. The first kappa shape index (κ1) is 17.6. The Bertz CT molecular complexity index is 749. The summed E-state index contributed by atoms with van der Waals surface area (Å²) in [6.45, 7) is 3.61. The third kappa shape index (κ3) is 3.14. The lowest BCUT2D eigenvalue weighted by Crippen LogP contribution is -2.33. The number of fused-ring (bicyclic) bond motifs is 1. The summed E-state index contributed by atoms with van der Waals surface area (Å²) in [5.74, 6) is 0.625.